The zero-order chi connectivity index (χ0) is 16.8. The molecular weight excluding hydrogens is 302 g/mol. The maximum absolute atomic E-state index is 12.4. The lowest BCUT2D eigenvalue weighted by Crippen LogP contribution is -2.35. The predicted molar refractivity (Wildman–Crippen MR) is 94.3 cm³/mol. The van der Waals surface area contributed by atoms with E-state index >= 15 is 0 Å². The number of rotatable bonds is 6. The molecule has 0 unspecified atom stereocenters. The SMILES string of the molecule is NC[C@H]1CCC[C@H]1C(=O)NCc1cccc(CN2CCOCC2)c1. The summed E-state index contributed by atoms with van der Waals surface area (Å²) in [6.45, 7) is 5.78. The second-order valence-electron chi connectivity index (χ2n) is 6.96. The fourth-order valence-corrected chi connectivity index (χ4v) is 3.84. The van der Waals surface area contributed by atoms with Gasteiger partial charge in [0.25, 0.3) is 0 Å². The first-order chi connectivity index (χ1) is 11.8. The van der Waals surface area contributed by atoms with Gasteiger partial charge in [-0.05, 0) is 36.4 Å². The van der Waals surface area contributed by atoms with Gasteiger partial charge in [0, 0.05) is 32.1 Å². The van der Waals surface area contributed by atoms with Crippen LogP contribution in [-0.2, 0) is 22.6 Å². The first-order valence-electron chi connectivity index (χ1n) is 9.12. The molecule has 1 aromatic rings. The van der Waals surface area contributed by atoms with Crippen LogP contribution in [-0.4, -0.2) is 43.7 Å². The summed E-state index contributed by atoms with van der Waals surface area (Å²) in [6.07, 6.45) is 3.18. The van der Waals surface area contributed by atoms with E-state index in [4.69, 9.17) is 10.5 Å². The topological polar surface area (TPSA) is 67.6 Å². The van der Waals surface area contributed by atoms with Gasteiger partial charge in [-0.3, -0.25) is 9.69 Å². The summed E-state index contributed by atoms with van der Waals surface area (Å²) in [5, 5.41) is 3.11. The van der Waals surface area contributed by atoms with E-state index in [-0.39, 0.29) is 11.8 Å². The third-order valence-electron chi connectivity index (χ3n) is 5.27. The first-order valence-corrected chi connectivity index (χ1v) is 9.12. The number of nitrogens with zero attached hydrogens (tertiary/aromatic N) is 1. The van der Waals surface area contributed by atoms with Crippen LogP contribution >= 0.6 is 0 Å². The molecule has 1 saturated carbocycles. The number of morpholine rings is 1. The van der Waals surface area contributed by atoms with Gasteiger partial charge in [-0.15, -0.1) is 0 Å². The van der Waals surface area contributed by atoms with E-state index in [2.05, 4.69) is 34.5 Å². The van der Waals surface area contributed by atoms with E-state index in [9.17, 15) is 4.79 Å². The third-order valence-corrected chi connectivity index (χ3v) is 5.27. The monoisotopic (exact) mass is 331 g/mol. The van der Waals surface area contributed by atoms with E-state index in [0.29, 0.717) is 19.0 Å². The van der Waals surface area contributed by atoms with Crippen LogP contribution in [0.2, 0.25) is 0 Å². The summed E-state index contributed by atoms with van der Waals surface area (Å²) in [5.41, 5.74) is 8.24. The molecule has 0 bridgehead atoms. The van der Waals surface area contributed by atoms with E-state index in [1.54, 1.807) is 0 Å². The Bertz CT molecular complexity index is 543. The van der Waals surface area contributed by atoms with Crippen LogP contribution in [0.15, 0.2) is 24.3 Å². The Balaban J connectivity index is 1.51. The average molecular weight is 331 g/mol. The molecule has 24 heavy (non-hydrogen) atoms. The molecule has 2 atom stereocenters. The Morgan fingerprint density at radius 1 is 1.25 bits per heavy atom. The molecule has 1 aliphatic carbocycles. The van der Waals surface area contributed by atoms with E-state index in [0.717, 1.165) is 57.7 Å². The molecule has 1 saturated heterocycles. The Morgan fingerprint density at radius 3 is 2.83 bits per heavy atom. The number of carbonyl (C=O) groups excluding carboxylic acids is 1. The fourth-order valence-electron chi connectivity index (χ4n) is 3.84. The zero-order valence-corrected chi connectivity index (χ0v) is 14.4. The van der Waals surface area contributed by atoms with Gasteiger partial charge in [-0.25, -0.2) is 0 Å². The molecule has 1 heterocycles. The second kappa shape index (κ2) is 8.60. The summed E-state index contributed by atoms with van der Waals surface area (Å²) in [5.74, 6) is 0.630. The van der Waals surface area contributed by atoms with Crippen molar-refractivity contribution in [1.29, 1.82) is 0 Å². The number of amides is 1. The Hall–Kier alpha value is -1.43. The van der Waals surface area contributed by atoms with Crippen molar-refractivity contribution in [3.05, 3.63) is 35.4 Å². The van der Waals surface area contributed by atoms with Gasteiger partial charge in [-0.1, -0.05) is 30.7 Å². The number of carbonyl (C=O) groups is 1. The smallest absolute Gasteiger partial charge is 0.223 e. The molecule has 0 spiro atoms. The molecule has 1 aliphatic heterocycles. The molecule has 3 N–H and O–H groups in total. The largest absolute Gasteiger partial charge is 0.379 e. The van der Waals surface area contributed by atoms with Gasteiger partial charge < -0.3 is 15.8 Å². The molecule has 3 rings (SSSR count). The molecule has 132 valence electrons. The van der Waals surface area contributed by atoms with Gasteiger partial charge in [0.05, 0.1) is 13.2 Å². The number of nitrogens with two attached hydrogens (primary N) is 1. The summed E-state index contributed by atoms with van der Waals surface area (Å²) < 4.78 is 5.39. The van der Waals surface area contributed by atoms with Crippen LogP contribution in [0, 0.1) is 11.8 Å². The highest BCUT2D eigenvalue weighted by molar-refractivity contribution is 5.79. The minimum Gasteiger partial charge on any atom is -0.379 e. The van der Waals surface area contributed by atoms with E-state index < -0.39 is 0 Å². The van der Waals surface area contributed by atoms with Crippen LogP contribution < -0.4 is 11.1 Å². The second-order valence-corrected chi connectivity index (χ2v) is 6.96. The molecule has 0 radical (unpaired) electrons. The Kier molecular flexibility index (Phi) is 6.24. The maximum atomic E-state index is 12.4. The Morgan fingerprint density at radius 2 is 2.04 bits per heavy atom. The van der Waals surface area contributed by atoms with Gasteiger partial charge in [0.1, 0.15) is 0 Å². The van der Waals surface area contributed by atoms with Crippen molar-refractivity contribution in [2.24, 2.45) is 17.6 Å². The number of hydrogen-bond acceptors (Lipinski definition) is 4. The lowest BCUT2D eigenvalue weighted by Gasteiger charge is -2.26. The van der Waals surface area contributed by atoms with Crippen molar-refractivity contribution in [2.75, 3.05) is 32.8 Å². The average Bonchev–Trinajstić information content (AvgIpc) is 3.10. The van der Waals surface area contributed by atoms with Crippen molar-refractivity contribution < 1.29 is 9.53 Å². The van der Waals surface area contributed by atoms with Crippen LogP contribution in [0.1, 0.15) is 30.4 Å². The quantitative estimate of drug-likeness (QED) is 0.829. The molecule has 2 fully saturated rings. The summed E-state index contributed by atoms with van der Waals surface area (Å²) in [4.78, 5) is 14.8. The first kappa shape index (κ1) is 17.4. The summed E-state index contributed by atoms with van der Waals surface area (Å²) in [7, 11) is 0. The number of nitrogens with one attached hydrogen (secondary N) is 1. The Labute approximate surface area is 144 Å². The lowest BCUT2D eigenvalue weighted by molar-refractivity contribution is -0.126. The number of ether oxygens (including phenoxy) is 1. The van der Waals surface area contributed by atoms with Crippen molar-refractivity contribution in [3.8, 4) is 0 Å². The zero-order valence-electron chi connectivity index (χ0n) is 14.4. The molecule has 0 aromatic heterocycles. The normalized spacial score (nSPS) is 24.9. The van der Waals surface area contributed by atoms with Gasteiger partial charge in [0.15, 0.2) is 0 Å². The number of benzene rings is 1. The predicted octanol–water partition coefficient (Wildman–Crippen LogP) is 1.51. The molecular formula is C19H29N3O2. The summed E-state index contributed by atoms with van der Waals surface area (Å²) in [6, 6.07) is 8.51. The van der Waals surface area contributed by atoms with E-state index in [1.165, 1.54) is 5.56 Å². The van der Waals surface area contributed by atoms with Crippen molar-refractivity contribution >= 4 is 5.91 Å². The minimum atomic E-state index is 0.103. The van der Waals surface area contributed by atoms with Crippen LogP contribution in [0.4, 0.5) is 0 Å². The van der Waals surface area contributed by atoms with Crippen LogP contribution in [0.3, 0.4) is 0 Å². The van der Waals surface area contributed by atoms with Crippen molar-refractivity contribution in [1.82, 2.24) is 10.2 Å². The molecule has 5 nitrogen and oxygen atoms in total. The van der Waals surface area contributed by atoms with Gasteiger partial charge >= 0.3 is 0 Å². The highest BCUT2D eigenvalue weighted by atomic mass is 16.5. The van der Waals surface area contributed by atoms with Crippen molar-refractivity contribution in [3.63, 3.8) is 0 Å². The van der Waals surface area contributed by atoms with Gasteiger partial charge in [-0.2, -0.15) is 0 Å². The molecule has 5 heteroatoms. The molecule has 1 amide bonds. The van der Waals surface area contributed by atoms with Gasteiger partial charge in [0.2, 0.25) is 5.91 Å². The molecule has 1 aromatic carbocycles. The maximum Gasteiger partial charge on any atom is 0.223 e. The standard InChI is InChI=1S/C19H29N3O2/c20-12-17-5-2-6-18(17)19(23)21-13-15-3-1-4-16(11-15)14-22-7-9-24-10-8-22/h1,3-4,11,17-18H,2,5-10,12-14,20H2,(H,21,23)/t17-,18-/m1/s1. The number of hydrogen-bond donors (Lipinski definition) is 2. The van der Waals surface area contributed by atoms with Crippen molar-refractivity contribution in [2.45, 2.75) is 32.4 Å². The fraction of sp³-hybridized carbons (Fsp3) is 0.632. The van der Waals surface area contributed by atoms with E-state index in [1.807, 2.05) is 0 Å². The highest BCUT2D eigenvalue weighted by Gasteiger charge is 2.31. The minimum absolute atomic E-state index is 0.103. The van der Waals surface area contributed by atoms with Crippen LogP contribution in [0.5, 0.6) is 0 Å². The highest BCUT2D eigenvalue weighted by Crippen LogP contribution is 2.31. The summed E-state index contributed by atoms with van der Waals surface area (Å²) >= 11 is 0. The third kappa shape index (κ3) is 4.56. The molecule has 2 aliphatic rings. The lowest BCUT2D eigenvalue weighted by atomic mass is 9.95. The van der Waals surface area contributed by atoms with Crippen LogP contribution in [0.25, 0.3) is 0 Å².